The minimum absolute atomic E-state index is 0.0840. The first-order valence-corrected chi connectivity index (χ1v) is 5.41. The van der Waals surface area contributed by atoms with Crippen molar-refractivity contribution in [1.29, 1.82) is 0 Å². The monoisotopic (exact) mass is 268 g/mol. The molecule has 8 heteroatoms. The second-order valence-corrected chi connectivity index (χ2v) is 3.96. The third kappa shape index (κ3) is 5.76. The van der Waals surface area contributed by atoms with Crippen molar-refractivity contribution in [3.8, 4) is 0 Å². The van der Waals surface area contributed by atoms with Gasteiger partial charge in [0.2, 0.25) is 0 Å². The molecular formula is C10H18F2N2O4. The topological polar surface area (TPSA) is 81.1 Å². The smallest absolute Gasteiger partial charge is 0.320 e. The average Bonchev–Trinajstić information content (AvgIpc) is 2.26. The number of carbonyl (C=O) groups excluding carboxylic acids is 1. The zero-order chi connectivity index (χ0) is 14.3. The summed E-state index contributed by atoms with van der Waals surface area (Å²) < 4.78 is 24.5. The number of hydrogen-bond acceptors (Lipinski definition) is 3. The molecule has 0 aromatic carbocycles. The zero-order valence-electron chi connectivity index (χ0n) is 10.3. The molecule has 1 atom stereocenters. The number of amides is 2. The molecule has 2 N–H and O–H groups in total. The molecule has 0 radical (unpaired) electrons. The molecule has 0 bridgehead atoms. The maximum Gasteiger partial charge on any atom is 0.320 e. The summed E-state index contributed by atoms with van der Waals surface area (Å²) in [5, 5.41) is 17.4. The predicted molar refractivity (Wildman–Crippen MR) is 59.5 cm³/mol. The fourth-order valence-electron chi connectivity index (χ4n) is 1.36. The Bertz CT molecular complexity index is 289. The van der Waals surface area contributed by atoms with Crippen molar-refractivity contribution >= 4 is 12.0 Å². The van der Waals surface area contributed by atoms with Crippen molar-refractivity contribution in [1.82, 2.24) is 9.80 Å². The van der Waals surface area contributed by atoms with E-state index >= 15 is 0 Å². The highest BCUT2D eigenvalue weighted by Crippen LogP contribution is 2.05. The molecule has 1 unspecified atom stereocenters. The Labute approximate surface area is 104 Å². The molecule has 0 fully saturated rings. The fraction of sp³-hybridized carbons (Fsp3) is 0.800. The van der Waals surface area contributed by atoms with Crippen LogP contribution >= 0.6 is 0 Å². The molecule has 18 heavy (non-hydrogen) atoms. The second kappa shape index (κ2) is 7.80. The maximum atomic E-state index is 12.2. The highest BCUT2D eigenvalue weighted by atomic mass is 19.3. The standard InChI is InChI=1S/C10H18F2N2O4/c1-7(9(16)17)5-13(2)10(18)14(3-4-15)6-8(11)12/h7-8,15H,3-6H2,1-2H3,(H,16,17). The number of aliphatic hydroxyl groups excluding tert-OH is 1. The number of alkyl halides is 2. The normalized spacial score (nSPS) is 12.3. The van der Waals surface area contributed by atoms with E-state index in [0.29, 0.717) is 0 Å². The molecule has 6 nitrogen and oxygen atoms in total. The molecule has 0 saturated heterocycles. The first kappa shape index (κ1) is 16.6. The SMILES string of the molecule is CC(CN(C)C(=O)N(CCO)CC(F)F)C(=O)O. The zero-order valence-corrected chi connectivity index (χ0v) is 10.3. The van der Waals surface area contributed by atoms with Gasteiger partial charge in [0.25, 0.3) is 6.43 Å². The van der Waals surface area contributed by atoms with Crippen molar-refractivity contribution < 1.29 is 28.6 Å². The molecule has 0 saturated carbocycles. The van der Waals surface area contributed by atoms with Gasteiger partial charge in [-0.2, -0.15) is 0 Å². The van der Waals surface area contributed by atoms with Crippen molar-refractivity contribution in [2.45, 2.75) is 13.3 Å². The summed E-state index contributed by atoms with van der Waals surface area (Å²) in [6.45, 7) is -0.101. The van der Waals surface area contributed by atoms with Gasteiger partial charge >= 0.3 is 12.0 Å². The number of aliphatic carboxylic acids is 1. The Kier molecular flexibility index (Phi) is 7.18. The minimum atomic E-state index is -2.70. The Balaban J connectivity index is 4.50. The van der Waals surface area contributed by atoms with Crippen molar-refractivity contribution in [3.63, 3.8) is 0 Å². The quantitative estimate of drug-likeness (QED) is 0.696. The molecule has 2 amide bonds. The molecule has 0 aromatic rings. The van der Waals surface area contributed by atoms with Gasteiger partial charge in [0.1, 0.15) is 0 Å². The van der Waals surface area contributed by atoms with Gasteiger partial charge < -0.3 is 20.0 Å². The summed E-state index contributed by atoms with van der Waals surface area (Å²) in [5.74, 6) is -1.86. The number of carboxylic acids is 1. The molecule has 0 aliphatic carbocycles. The van der Waals surface area contributed by atoms with E-state index in [1.807, 2.05) is 0 Å². The third-order valence-electron chi connectivity index (χ3n) is 2.29. The van der Waals surface area contributed by atoms with Crippen LogP contribution in [-0.2, 0) is 4.79 Å². The number of nitrogens with zero attached hydrogens (tertiary/aromatic N) is 2. The van der Waals surface area contributed by atoms with E-state index in [4.69, 9.17) is 10.2 Å². The lowest BCUT2D eigenvalue weighted by Crippen LogP contribution is -2.46. The van der Waals surface area contributed by atoms with Crippen molar-refractivity contribution in [2.75, 3.05) is 33.3 Å². The maximum absolute atomic E-state index is 12.2. The van der Waals surface area contributed by atoms with Crippen LogP contribution in [0.2, 0.25) is 0 Å². The van der Waals surface area contributed by atoms with E-state index in [-0.39, 0.29) is 13.1 Å². The van der Waals surface area contributed by atoms with Crippen LogP contribution in [0.3, 0.4) is 0 Å². The summed E-state index contributed by atoms with van der Waals surface area (Å²) in [7, 11) is 1.33. The summed E-state index contributed by atoms with van der Waals surface area (Å²) in [4.78, 5) is 24.2. The Morgan fingerprint density at radius 1 is 1.28 bits per heavy atom. The largest absolute Gasteiger partial charge is 0.481 e. The van der Waals surface area contributed by atoms with Crippen LogP contribution < -0.4 is 0 Å². The van der Waals surface area contributed by atoms with E-state index in [1.54, 1.807) is 0 Å². The second-order valence-electron chi connectivity index (χ2n) is 3.96. The molecule has 0 rings (SSSR count). The van der Waals surface area contributed by atoms with Gasteiger partial charge in [-0.15, -0.1) is 0 Å². The van der Waals surface area contributed by atoms with Crippen LogP contribution in [0.4, 0.5) is 13.6 Å². The fourth-order valence-corrected chi connectivity index (χ4v) is 1.36. The molecule has 0 aliphatic rings. The Morgan fingerprint density at radius 3 is 2.22 bits per heavy atom. The van der Waals surface area contributed by atoms with Gasteiger partial charge in [-0.1, -0.05) is 6.92 Å². The van der Waals surface area contributed by atoms with Crippen LogP contribution in [0.15, 0.2) is 0 Å². The summed E-state index contributed by atoms with van der Waals surface area (Å²) in [6.07, 6.45) is -2.70. The summed E-state index contributed by atoms with van der Waals surface area (Å²) >= 11 is 0. The number of carbonyl (C=O) groups is 2. The van der Waals surface area contributed by atoms with Crippen LogP contribution in [0, 0.1) is 5.92 Å². The van der Waals surface area contributed by atoms with Gasteiger partial charge in [0.15, 0.2) is 0 Å². The lowest BCUT2D eigenvalue weighted by atomic mass is 10.2. The van der Waals surface area contributed by atoms with Crippen LogP contribution in [0.25, 0.3) is 0 Å². The third-order valence-corrected chi connectivity index (χ3v) is 2.29. The van der Waals surface area contributed by atoms with Crippen LogP contribution in [-0.4, -0.2) is 71.7 Å². The van der Waals surface area contributed by atoms with Gasteiger partial charge in [0.05, 0.1) is 19.1 Å². The minimum Gasteiger partial charge on any atom is -0.481 e. The number of urea groups is 1. The predicted octanol–water partition coefficient (Wildman–Crippen LogP) is 0.318. The number of halogens is 2. The van der Waals surface area contributed by atoms with Gasteiger partial charge in [0, 0.05) is 20.1 Å². The Morgan fingerprint density at radius 2 is 1.83 bits per heavy atom. The van der Waals surface area contributed by atoms with Crippen LogP contribution in [0.5, 0.6) is 0 Å². The number of hydrogen-bond donors (Lipinski definition) is 2. The highest BCUT2D eigenvalue weighted by Gasteiger charge is 2.23. The van der Waals surface area contributed by atoms with Gasteiger partial charge in [-0.3, -0.25) is 4.79 Å². The highest BCUT2D eigenvalue weighted by molar-refractivity contribution is 5.76. The Hall–Kier alpha value is -1.44. The van der Waals surface area contributed by atoms with E-state index < -0.39 is 37.5 Å². The lowest BCUT2D eigenvalue weighted by molar-refractivity contribution is -0.141. The van der Waals surface area contributed by atoms with Gasteiger partial charge in [-0.25, -0.2) is 13.6 Å². The van der Waals surface area contributed by atoms with Crippen molar-refractivity contribution in [3.05, 3.63) is 0 Å². The number of aliphatic hydroxyl groups is 1. The molecule has 0 spiro atoms. The number of rotatable bonds is 7. The molecule has 0 aromatic heterocycles. The summed E-state index contributed by atoms with van der Waals surface area (Å²) in [5.41, 5.74) is 0. The van der Waals surface area contributed by atoms with Crippen molar-refractivity contribution in [2.24, 2.45) is 5.92 Å². The molecule has 106 valence electrons. The lowest BCUT2D eigenvalue weighted by Gasteiger charge is -2.28. The van der Waals surface area contributed by atoms with Crippen LogP contribution in [0.1, 0.15) is 6.92 Å². The first-order valence-electron chi connectivity index (χ1n) is 5.41. The van der Waals surface area contributed by atoms with E-state index in [2.05, 4.69) is 0 Å². The molecular weight excluding hydrogens is 250 g/mol. The first-order chi connectivity index (χ1) is 8.29. The molecule has 0 aliphatic heterocycles. The van der Waals surface area contributed by atoms with E-state index in [9.17, 15) is 18.4 Å². The van der Waals surface area contributed by atoms with E-state index in [1.165, 1.54) is 14.0 Å². The number of carboxylic acid groups (broad SMARTS) is 1. The summed E-state index contributed by atoms with van der Waals surface area (Å²) in [6, 6.07) is -0.725. The van der Waals surface area contributed by atoms with Gasteiger partial charge in [-0.05, 0) is 0 Å². The van der Waals surface area contributed by atoms with E-state index in [0.717, 1.165) is 9.80 Å². The molecule has 0 heterocycles. The average molecular weight is 268 g/mol.